The number of imidazole rings is 1. The monoisotopic (exact) mass is 531 g/mol. The molecule has 1 unspecified atom stereocenters. The second-order valence-corrected chi connectivity index (χ2v) is 10.8. The number of aromatic nitrogens is 4. The Hall–Kier alpha value is -2.93. The molecule has 0 bridgehead atoms. The van der Waals surface area contributed by atoms with Crippen molar-refractivity contribution in [2.24, 2.45) is 5.92 Å². The zero-order valence-electron chi connectivity index (χ0n) is 19.8. The molecule has 4 heterocycles. The molecule has 1 aliphatic carbocycles. The van der Waals surface area contributed by atoms with E-state index in [1.54, 1.807) is 0 Å². The average molecular weight is 532 g/mol. The fourth-order valence-corrected chi connectivity index (χ4v) is 6.39. The zero-order chi connectivity index (χ0) is 23.8. The van der Waals surface area contributed by atoms with Gasteiger partial charge in [0.2, 0.25) is 5.91 Å². The van der Waals surface area contributed by atoms with Gasteiger partial charge in [0, 0.05) is 60.9 Å². The predicted molar refractivity (Wildman–Crippen MR) is 140 cm³/mol. The van der Waals surface area contributed by atoms with Crippen LogP contribution in [-0.4, -0.2) is 43.2 Å². The lowest BCUT2D eigenvalue weighted by Crippen LogP contribution is -2.41. The van der Waals surface area contributed by atoms with E-state index in [9.17, 15) is 4.79 Å². The lowest BCUT2D eigenvalue weighted by molar-refractivity contribution is -0.133. The Morgan fingerprint density at radius 2 is 1.86 bits per heavy atom. The Labute approximate surface area is 214 Å². The van der Waals surface area contributed by atoms with Gasteiger partial charge >= 0.3 is 0 Å². The molecule has 0 N–H and O–H groups in total. The van der Waals surface area contributed by atoms with Crippen molar-refractivity contribution < 1.29 is 4.79 Å². The van der Waals surface area contributed by atoms with Crippen LogP contribution in [0.5, 0.6) is 0 Å². The lowest BCUT2D eigenvalue weighted by Gasteiger charge is -2.36. The van der Waals surface area contributed by atoms with Crippen LogP contribution in [0.1, 0.15) is 49.9 Å². The first kappa shape index (κ1) is 22.5. The summed E-state index contributed by atoms with van der Waals surface area (Å²) in [6.45, 7) is 2.61. The SMILES string of the molecule is O=C(CCC1(c2ccc(Br)cc2)C2=CCCC=C2c2nccn21)N1CCC(Cn2cccn2)CC1. The van der Waals surface area contributed by atoms with E-state index >= 15 is 0 Å². The number of carbonyl (C=O) groups excluding carboxylic acids is 1. The molecule has 0 radical (unpaired) electrons. The van der Waals surface area contributed by atoms with Crippen LogP contribution >= 0.6 is 15.9 Å². The van der Waals surface area contributed by atoms with Crippen LogP contribution in [0.15, 0.2) is 77.3 Å². The summed E-state index contributed by atoms with van der Waals surface area (Å²) in [4.78, 5) is 20.2. The summed E-state index contributed by atoms with van der Waals surface area (Å²) >= 11 is 3.59. The van der Waals surface area contributed by atoms with Crippen molar-refractivity contribution in [1.82, 2.24) is 24.2 Å². The average Bonchev–Trinajstić information content (AvgIpc) is 3.63. The Morgan fingerprint density at radius 3 is 2.63 bits per heavy atom. The van der Waals surface area contributed by atoms with Gasteiger partial charge in [-0.3, -0.25) is 9.48 Å². The standard InChI is InChI=1S/C28H30BrN5O/c29-23-8-6-22(7-9-23)28(25-5-2-1-4-24(25)27-30-15-19-34(27)28)13-10-26(35)32-17-11-21(12-18-32)20-33-16-3-14-31-33/h3-9,14-16,19,21H,1-2,10-13,17-18,20H2. The maximum Gasteiger partial charge on any atom is 0.222 e. The molecular weight excluding hydrogens is 502 g/mol. The number of likely N-dealkylation sites (tertiary alicyclic amines) is 1. The first-order valence-corrected chi connectivity index (χ1v) is 13.4. The van der Waals surface area contributed by atoms with E-state index in [0.29, 0.717) is 12.3 Å². The smallest absolute Gasteiger partial charge is 0.222 e. The van der Waals surface area contributed by atoms with Gasteiger partial charge in [0.15, 0.2) is 0 Å². The molecule has 0 spiro atoms. The number of hydrogen-bond acceptors (Lipinski definition) is 3. The topological polar surface area (TPSA) is 56.0 Å². The summed E-state index contributed by atoms with van der Waals surface area (Å²) in [5, 5.41) is 4.34. The third-order valence-electron chi connectivity index (χ3n) is 7.89. The number of amides is 1. The number of benzene rings is 1. The fourth-order valence-electron chi connectivity index (χ4n) is 6.12. The van der Waals surface area contributed by atoms with Crippen LogP contribution < -0.4 is 0 Å². The van der Waals surface area contributed by atoms with Crippen molar-refractivity contribution in [3.8, 4) is 0 Å². The number of carbonyl (C=O) groups is 1. The number of allylic oxidation sites excluding steroid dienone is 4. The summed E-state index contributed by atoms with van der Waals surface area (Å²) in [6, 6.07) is 10.6. The van der Waals surface area contributed by atoms with Gasteiger partial charge in [-0.05, 0) is 67.4 Å². The molecule has 6 rings (SSSR count). The van der Waals surface area contributed by atoms with Crippen LogP contribution in [0.25, 0.3) is 5.57 Å². The maximum atomic E-state index is 13.5. The number of hydrogen-bond donors (Lipinski definition) is 0. The molecule has 1 amide bonds. The molecule has 1 aromatic carbocycles. The van der Waals surface area contributed by atoms with E-state index in [1.807, 2.05) is 29.3 Å². The first-order valence-electron chi connectivity index (χ1n) is 12.6. The number of nitrogens with zero attached hydrogens (tertiary/aromatic N) is 5. The second kappa shape index (κ2) is 9.26. The Morgan fingerprint density at radius 1 is 1.06 bits per heavy atom. The van der Waals surface area contributed by atoms with Crippen LogP contribution in [-0.2, 0) is 16.9 Å². The van der Waals surface area contributed by atoms with Gasteiger partial charge in [-0.2, -0.15) is 5.10 Å². The van der Waals surface area contributed by atoms with Crippen molar-refractivity contribution in [1.29, 1.82) is 0 Å². The summed E-state index contributed by atoms with van der Waals surface area (Å²) < 4.78 is 5.38. The molecule has 0 saturated carbocycles. The van der Waals surface area contributed by atoms with E-state index in [0.717, 1.165) is 62.0 Å². The minimum atomic E-state index is -0.396. The lowest BCUT2D eigenvalue weighted by atomic mass is 9.76. The van der Waals surface area contributed by atoms with E-state index in [2.05, 4.69) is 73.1 Å². The molecular formula is C28H30BrN5O. The van der Waals surface area contributed by atoms with Gasteiger partial charge in [0.1, 0.15) is 5.82 Å². The molecule has 1 saturated heterocycles. The summed E-state index contributed by atoms with van der Waals surface area (Å²) in [7, 11) is 0. The fraction of sp³-hybridized carbons (Fsp3) is 0.393. The van der Waals surface area contributed by atoms with Crippen molar-refractivity contribution in [3.05, 3.63) is 88.7 Å². The van der Waals surface area contributed by atoms with Gasteiger partial charge < -0.3 is 9.47 Å². The van der Waals surface area contributed by atoms with Crippen LogP contribution in [0, 0.1) is 5.92 Å². The Balaban J connectivity index is 1.22. The van der Waals surface area contributed by atoms with Crippen molar-refractivity contribution in [3.63, 3.8) is 0 Å². The molecule has 7 heteroatoms. The number of fused-ring (bicyclic) bond motifs is 3. The summed E-state index contributed by atoms with van der Waals surface area (Å²) in [6.07, 6.45) is 17.9. The highest BCUT2D eigenvalue weighted by molar-refractivity contribution is 9.10. The van der Waals surface area contributed by atoms with Gasteiger partial charge in [-0.25, -0.2) is 4.98 Å². The van der Waals surface area contributed by atoms with Gasteiger partial charge in [-0.1, -0.05) is 40.2 Å². The predicted octanol–water partition coefficient (Wildman–Crippen LogP) is 5.42. The van der Waals surface area contributed by atoms with Crippen molar-refractivity contribution in [2.75, 3.05) is 13.1 Å². The van der Waals surface area contributed by atoms with E-state index in [-0.39, 0.29) is 5.91 Å². The molecule has 3 aliphatic rings. The highest BCUT2D eigenvalue weighted by atomic mass is 79.9. The van der Waals surface area contributed by atoms with E-state index in [1.165, 1.54) is 16.7 Å². The number of piperidine rings is 1. The van der Waals surface area contributed by atoms with Crippen molar-refractivity contribution >= 4 is 27.4 Å². The molecule has 1 atom stereocenters. The Bertz CT molecular complexity index is 1260. The minimum absolute atomic E-state index is 0.259. The first-order chi connectivity index (χ1) is 17.1. The molecule has 35 heavy (non-hydrogen) atoms. The van der Waals surface area contributed by atoms with Crippen LogP contribution in [0.4, 0.5) is 0 Å². The highest BCUT2D eigenvalue weighted by Gasteiger charge is 2.47. The molecule has 180 valence electrons. The van der Waals surface area contributed by atoms with Crippen molar-refractivity contribution in [2.45, 2.75) is 50.6 Å². The highest BCUT2D eigenvalue weighted by Crippen LogP contribution is 2.52. The van der Waals surface area contributed by atoms with E-state index < -0.39 is 5.54 Å². The normalized spacial score (nSPS) is 21.9. The van der Waals surface area contributed by atoms with E-state index in [4.69, 9.17) is 4.98 Å². The third-order valence-corrected chi connectivity index (χ3v) is 8.42. The van der Waals surface area contributed by atoms with Crippen LogP contribution in [0.3, 0.4) is 0 Å². The second-order valence-electron chi connectivity index (χ2n) is 9.85. The molecule has 1 fully saturated rings. The zero-order valence-corrected chi connectivity index (χ0v) is 21.4. The molecule has 2 aromatic heterocycles. The number of halogens is 1. The quantitative estimate of drug-likeness (QED) is 0.426. The maximum absolute atomic E-state index is 13.5. The largest absolute Gasteiger partial charge is 0.343 e. The summed E-state index contributed by atoms with van der Waals surface area (Å²) in [5.41, 5.74) is 3.35. The van der Waals surface area contributed by atoms with Gasteiger partial charge in [0.25, 0.3) is 0 Å². The third kappa shape index (κ3) is 3.99. The molecule has 3 aromatic rings. The Kier molecular flexibility index (Phi) is 5.96. The molecule has 2 aliphatic heterocycles. The molecule has 6 nitrogen and oxygen atoms in total. The van der Waals surface area contributed by atoms with Gasteiger partial charge in [0.05, 0.1) is 5.54 Å². The van der Waals surface area contributed by atoms with Crippen LogP contribution in [0.2, 0.25) is 0 Å². The minimum Gasteiger partial charge on any atom is -0.343 e. The van der Waals surface area contributed by atoms with Gasteiger partial charge in [-0.15, -0.1) is 0 Å². The summed E-state index contributed by atoms with van der Waals surface area (Å²) in [5.74, 6) is 1.86. The number of rotatable bonds is 6.